The fraction of sp³-hybridized carbons (Fsp3) is 0.480. The molecular formula is C100H128N16O20S4. The largest absolute Gasteiger partial charge is 0.494 e. The molecule has 36 nitrogen and oxygen atoms in total. The number of methoxy groups -OCH3 is 12. The van der Waals surface area contributed by atoms with E-state index in [1.165, 1.54) is 0 Å². The summed E-state index contributed by atoms with van der Waals surface area (Å²) in [5, 5.41) is 32.2. The second kappa shape index (κ2) is 46.7. The van der Waals surface area contributed by atoms with E-state index in [2.05, 4.69) is 60.7 Å². The van der Waals surface area contributed by atoms with Gasteiger partial charge < -0.3 is 56.8 Å². The Balaban J connectivity index is 0.000000157. The minimum atomic E-state index is -3.64. The summed E-state index contributed by atoms with van der Waals surface area (Å²) in [4.78, 5) is 17.1. The van der Waals surface area contributed by atoms with Gasteiger partial charge in [-0.3, -0.25) is 38.2 Å². The second-order valence-corrected chi connectivity index (χ2v) is 45.2. The second-order valence-electron chi connectivity index (χ2n) is 35.8. The normalized spacial score (nSPS) is 15.9. The van der Waals surface area contributed by atoms with Gasteiger partial charge in [-0.2, -0.15) is 0 Å². The number of aryl methyl sites for hydroxylation is 4. The maximum Gasteiger partial charge on any atom is 0.170 e. The van der Waals surface area contributed by atoms with Gasteiger partial charge in [-0.25, -0.2) is 33.7 Å². The van der Waals surface area contributed by atoms with Crippen molar-refractivity contribution >= 4 is 39.3 Å². The first-order valence-corrected chi connectivity index (χ1v) is 53.4. The van der Waals surface area contributed by atoms with Crippen molar-refractivity contribution in [3.05, 3.63) is 192 Å². The molecule has 0 N–H and O–H groups in total. The molecule has 8 atom stereocenters. The summed E-state index contributed by atoms with van der Waals surface area (Å²) < 4.78 is 183. The molecule has 752 valence electrons. The summed E-state index contributed by atoms with van der Waals surface area (Å²) in [6.07, 6.45) is 24.5. The highest BCUT2D eigenvalue weighted by Crippen LogP contribution is 2.46. The predicted molar refractivity (Wildman–Crippen MR) is 531 cm³/mol. The van der Waals surface area contributed by atoms with E-state index in [0.29, 0.717) is 114 Å². The van der Waals surface area contributed by atoms with Crippen LogP contribution in [0.3, 0.4) is 0 Å². The molecule has 16 rings (SSSR count). The lowest BCUT2D eigenvalue weighted by Crippen LogP contribution is -2.42. The van der Waals surface area contributed by atoms with E-state index in [-0.39, 0.29) is 94.4 Å². The van der Waals surface area contributed by atoms with Crippen LogP contribution in [0.4, 0.5) is 0 Å². The van der Waals surface area contributed by atoms with E-state index in [4.69, 9.17) is 56.8 Å². The van der Waals surface area contributed by atoms with Gasteiger partial charge >= 0.3 is 0 Å². The molecule has 12 aromatic rings. The van der Waals surface area contributed by atoms with Crippen LogP contribution in [0.15, 0.2) is 147 Å². The first-order valence-electron chi connectivity index (χ1n) is 46.5. The van der Waals surface area contributed by atoms with Crippen molar-refractivity contribution < 1.29 is 90.5 Å². The van der Waals surface area contributed by atoms with Crippen molar-refractivity contribution in [1.82, 2.24) is 79.0 Å². The van der Waals surface area contributed by atoms with Crippen LogP contribution in [0.25, 0.3) is 68.3 Å². The number of sulfone groups is 4. The molecule has 0 aliphatic heterocycles. The van der Waals surface area contributed by atoms with Crippen molar-refractivity contribution in [3.8, 4) is 114 Å². The molecule has 0 saturated heterocycles. The van der Waals surface area contributed by atoms with E-state index in [1.54, 1.807) is 254 Å². The molecule has 8 heterocycles. The van der Waals surface area contributed by atoms with Crippen LogP contribution >= 0.6 is 0 Å². The van der Waals surface area contributed by atoms with Gasteiger partial charge in [0, 0.05) is 100 Å². The SMILES string of the molecule is COc1cccc(OC)c1-n1c(CS(=O)(=O)[C@@H](C)[C@@H](OC)C2CCC2)nnc1-c1cncc(C)c1.COc1cccc(OC)c1-n1c(CS(=O)(=O)[C@@H](C)[C@H](OC)C2CCC2)nnc1-c1cncc(C)c1.COc1cccc(OC)c1-n1c(CS(=O)(=O)[C@H](C)[C@@H](OC)C2CCC2)nnc1-c1cncc(C)c1.COc1cccc(OC)c1-n1c(CS(=O)(=O)[C@H](C)[C@H](OC)C2CCC2)nnc1-c1cncc(C)c1. The molecule has 4 aliphatic carbocycles. The molecule has 40 heteroatoms. The smallest absolute Gasteiger partial charge is 0.170 e. The third-order valence-electron chi connectivity index (χ3n) is 26.9. The van der Waals surface area contributed by atoms with Gasteiger partial charge in [-0.05, 0) is 225 Å². The predicted octanol–water partition coefficient (Wildman–Crippen LogP) is 15.1. The number of rotatable bonds is 40. The molecule has 4 fully saturated rings. The van der Waals surface area contributed by atoms with Crippen molar-refractivity contribution in [2.24, 2.45) is 23.7 Å². The van der Waals surface area contributed by atoms with Crippen molar-refractivity contribution in [2.75, 3.05) is 85.3 Å². The number of pyridine rings is 4. The Labute approximate surface area is 820 Å². The molecule has 140 heavy (non-hydrogen) atoms. The third kappa shape index (κ3) is 23.1. The highest BCUT2D eigenvalue weighted by Gasteiger charge is 2.45. The molecule has 4 saturated carbocycles. The van der Waals surface area contributed by atoms with E-state index >= 15 is 0 Å². The monoisotopic (exact) mass is 2000 g/mol. The lowest BCUT2D eigenvalue weighted by atomic mass is 9.80. The Morgan fingerprint density at radius 3 is 0.579 bits per heavy atom. The maximum absolute atomic E-state index is 13.6. The van der Waals surface area contributed by atoms with Crippen molar-refractivity contribution in [3.63, 3.8) is 0 Å². The Kier molecular flexibility index (Phi) is 35.1. The summed E-state index contributed by atoms with van der Waals surface area (Å²) >= 11 is 0. The molecule has 4 aliphatic rings. The lowest BCUT2D eigenvalue weighted by Gasteiger charge is -2.36. The van der Waals surface area contributed by atoms with Gasteiger partial charge in [0.25, 0.3) is 0 Å². The van der Waals surface area contributed by atoms with E-state index in [9.17, 15) is 33.7 Å². The highest BCUT2D eigenvalue weighted by atomic mass is 32.2. The molecule has 0 spiro atoms. The van der Waals surface area contributed by atoms with Crippen LogP contribution in [0.1, 0.15) is 150 Å². The van der Waals surface area contributed by atoms with Gasteiger partial charge in [0.15, 0.2) is 85.9 Å². The molecule has 8 aromatic heterocycles. The van der Waals surface area contributed by atoms with Gasteiger partial charge in [0.2, 0.25) is 0 Å². The van der Waals surface area contributed by atoms with Crippen LogP contribution in [-0.2, 0) is 81.3 Å². The zero-order valence-corrected chi connectivity index (χ0v) is 86.3. The van der Waals surface area contributed by atoms with Crippen LogP contribution in [0.2, 0.25) is 0 Å². The number of para-hydroxylation sites is 4. The first kappa shape index (κ1) is 105. The highest BCUT2D eigenvalue weighted by molar-refractivity contribution is 7.92. The van der Waals surface area contributed by atoms with Crippen molar-refractivity contribution in [1.29, 1.82) is 0 Å². The number of benzene rings is 4. The Morgan fingerprint density at radius 2 is 0.443 bits per heavy atom. The molecular weight excluding hydrogens is 1870 g/mol. The van der Waals surface area contributed by atoms with Gasteiger partial charge in [0.05, 0.1) is 102 Å². The zero-order valence-electron chi connectivity index (χ0n) is 83.1. The quantitative estimate of drug-likeness (QED) is 0.0344. The van der Waals surface area contributed by atoms with Gasteiger partial charge in [0.1, 0.15) is 91.8 Å². The summed E-state index contributed by atoms with van der Waals surface area (Å²) in [6, 6.07) is 29.2. The van der Waals surface area contributed by atoms with Crippen molar-refractivity contribution in [2.45, 2.75) is 201 Å². The molecule has 4 aromatic carbocycles. The third-order valence-corrected chi connectivity index (χ3v) is 35.2. The average molecular weight is 2000 g/mol. The molecule has 0 bridgehead atoms. The number of aromatic nitrogens is 16. The fourth-order valence-electron chi connectivity index (χ4n) is 18.5. The summed E-state index contributed by atoms with van der Waals surface area (Å²) in [7, 11) is 4.20. The number of ether oxygens (including phenoxy) is 12. The topological polar surface area (TPSA) is 422 Å². The molecule has 0 unspecified atom stereocenters. The average Bonchev–Trinajstić information content (AvgIpc) is 1.61. The fourth-order valence-corrected chi connectivity index (χ4v) is 24.7. The van der Waals surface area contributed by atoms with E-state index < -0.39 is 60.3 Å². The number of hydrogen-bond acceptors (Lipinski definition) is 32. The maximum atomic E-state index is 13.6. The summed E-state index contributed by atoms with van der Waals surface area (Å²) in [5.74, 6) is 6.64. The summed E-state index contributed by atoms with van der Waals surface area (Å²) in [5.41, 5.74) is 8.67. The van der Waals surface area contributed by atoms with Gasteiger partial charge in [-0.15, -0.1) is 40.8 Å². The Bertz CT molecular complexity index is 5860. The van der Waals surface area contributed by atoms with E-state index in [0.717, 1.165) is 99.3 Å². The van der Waals surface area contributed by atoms with Crippen LogP contribution in [0.5, 0.6) is 46.0 Å². The minimum Gasteiger partial charge on any atom is -0.494 e. The van der Waals surface area contributed by atoms with Gasteiger partial charge in [-0.1, -0.05) is 49.9 Å². The number of nitrogens with zero attached hydrogens (tertiary/aromatic N) is 16. The minimum absolute atomic E-state index is 0.255. The number of hydrogen-bond donors (Lipinski definition) is 0. The Hall–Kier alpha value is -11.9. The first-order chi connectivity index (χ1) is 67.2. The molecule has 0 radical (unpaired) electrons. The van der Waals surface area contributed by atoms with Crippen LogP contribution in [-0.4, -0.2) is 243 Å². The lowest BCUT2D eigenvalue weighted by molar-refractivity contribution is 0.0192. The standard InChI is InChI=1S/4C25H32N4O5S/c4*1-16-12-19(14-26-13-16)25-28-27-22(29(25)23-20(32-3)10-7-11-21(23)33-4)15-35(30,31)17(2)24(34-5)18-8-6-9-18/h4*7,10-14,17-18,24H,6,8-9,15H2,1-5H3/t2*17-,24+;2*17-,24-/m1010/s1. The van der Waals surface area contributed by atoms with Crippen LogP contribution in [0, 0.1) is 51.4 Å². The van der Waals surface area contributed by atoms with E-state index in [1.807, 2.05) is 52.0 Å². The van der Waals surface area contributed by atoms with Crippen LogP contribution < -0.4 is 37.9 Å². The Morgan fingerprint density at radius 1 is 0.271 bits per heavy atom. The summed E-state index contributed by atoms with van der Waals surface area (Å²) in [6.45, 7) is 14.6. The molecule has 0 amide bonds. The zero-order chi connectivity index (χ0) is 101.